The summed E-state index contributed by atoms with van der Waals surface area (Å²) in [6.07, 6.45) is -0.655. The summed E-state index contributed by atoms with van der Waals surface area (Å²) in [5.41, 5.74) is 6.21. The van der Waals surface area contributed by atoms with Gasteiger partial charge in [0.05, 0.1) is 6.04 Å². The standard InChI is InChI=1S/C12H17FN2O2/c1-8(9-3-5-10(13)6-4-9)15-12(16)11(7-14)17-2/h3-6,8,11H,7,14H2,1-2H3,(H,15,16)/t8-,11?/m1/s1. The molecule has 1 amide bonds. The van der Waals surface area contributed by atoms with Gasteiger partial charge in [0.25, 0.3) is 5.91 Å². The smallest absolute Gasteiger partial charge is 0.250 e. The summed E-state index contributed by atoms with van der Waals surface area (Å²) in [6.45, 7) is 1.94. The normalized spacial score (nSPS) is 14.1. The van der Waals surface area contributed by atoms with E-state index in [4.69, 9.17) is 10.5 Å². The van der Waals surface area contributed by atoms with E-state index in [2.05, 4.69) is 5.32 Å². The van der Waals surface area contributed by atoms with Gasteiger partial charge in [0.2, 0.25) is 0 Å². The van der Waals surface area contributed by atoms with Gasteiger partial charge in [-0.15, -0.1) is 0 Å². The van der Waals surface area contributed by atoms with E-state index in [0.717, 1.165) is 5.56 Å². The van der Waals surface area contributed by atoms with Gasteiger partial charge in [-0.3, -0.25) is 4.79 Å². The number of carbonyl (C=O) groups is 1. The summed E-state index contributed by atoms with van der Waals surface area (Å²) < 4.78 is 17.6. The molecule has 2 atom stereocenters. The maximum absolute atomic E-state index is 12.7. The number of ether oxygens (including phenoxy) is 1. The van der Waals surface area contributed by atoms with Crippen molar-refractivity contribution in [1.82, 2.24) is 5.32 Å². The van der Waals surface area contributed by atoms with E-state index in [1.165, 1.54) is 19.2 Å². The van der Waals surface area contributed by atoms with Crippen LogP contribution < -0.4 is 11.1 Å². The van der Waals surface area contributed by atoms with Crippen LogP contribution >= 0.6 is 0 Å². The Morgan fingerprint density at radius 2 is 2.06 bits per heavy atom. The molecule has 0 bridgehead atoms. The van der Waals surface area contributed by atoms with Crippen LogP contribution in [0.1, 0.15) is 18.5 Å². The number of hydrogen-bond acceptors (Lipinski definition) is 3. The highest BCUT2D eigenvalue weighted by Crippen LogP contribution is 2.12. The van der Waals surface area contributed by atoms with E-state index in [-0.39, 0.29) is 24.3 Å². The molecule has 0 saturated heterocycles. The molecule has 1 aromatic rings. The molecular weight excluding hydrogens is 223 g/mol. The molecule has 0 aliphatic carbocycles. The number of amides is 1. The Labute approximate surface area is 100.0 Å². The molecule has 1 rings (SSSR count). The predicted molar refractivity (Wildman–Crippen MR) is 62.8 cm³/mol. The SMILES string of the molecule is COC(CN)C(=O)N[C@H](C)c1ccc(F)cc1. The fraction of sp³-hybridized carbons (Fsp3) is 0.417. The van der Waals surface area contributed by atoms with Crippen LogP contribution in [0.3, 0.4) is 0 Å². The van der Waals surface area contributed by atoms with Gasteiger partial charge in [-0.1, -0.05) is 12.1 Å². The second kappa shape index (κ2) is 6.32. The zero-order valence-electron chi connectivity index (χ0n) is 9.94. The van der Waals surface area contributed by atoms with Gasteiger partial charge < -0.3 is 15.8 Å². The maximum Gasteiger partial charge on any atom is 0.250 e. The third-order valence-electron chi connectivity index (χ3n) is 2.52. The molecule has 5 heteroatoms. The molecule has 1 aromatic carbocycles. The zero-order chi connectivity index (χ0) is 12.8. The number of benzene rings is 1. The average Bonchev–Trinajstić information content (AvgIpc) is 2.31. The second-order valence-corrected chi connectivity index (χ2v) is 3.74. The Hall–Kier alpha value is -1.46. The molecule has 0 saturated carbocycles. The third-order valence-corrected chi connectivity index (χ3v) is 2.52. The molecule has 0 radical (unpaired) electrons. The van der Waals surface area contributed by atoms with Crippen molar-refractivity contribution >= 4 is 5.91 Å². The number of carbonyl (C=O) groups excluding carboxylic acids is 1. The van der Waals surface area contributed by atoms with Crippen LogP contribution in [0.5, 0.6) is 0 Å². The number of halogens is 1. The van der Waals surface area contributed by atoms with E-state index >= 15 is 0 Å². The van der Waals surface area contributed by atoms with Crippen molar-refractivity contribution in [2.24, 2.45) is 5.73 Å². The van der Waals surface area contributed by atoms with E-state index in [9.17, 15) is 9.18 Å². The fourth-order valence-corrected chi connectivity index (χ4v) is 1.45. The first-order valence-corrected chi connectivity index (χ1v) is 5.37. The molecule has 0 spiro atoms. The molecule has 17 heavy (non-hydrogen) atoms. The molecule has 0 aliphatic heterocycles. The summed E-state index contributed by atoms with van der Waals surface area (Å²) in [5, 5.41) is 2.75. The number of nitrogens with two attached hydrogens (primary N) is 1. The fourth-order valence-electron chi connectivity index (χ4n) is 1.45. The minimum atomic E-state index is -0.655. The minimum absolute atomic E-state index is 0.123. The van der Waals surface area contributed by atoms with Gasteiger partial charge in [-0.05, 0) is 24.6 Å². The van der Waals surface area contributed by atoms with Gasteiger partial charge in [-0.2, -0.15) is 0 Å². The summed E-state index contributed by atoms with van der Waals surface area (Å²) in [6, 6.07) is 5.76. The summed E-state index contributed by atoms with van der Waals surface area (Å²) in [7, 11) is 1.43. The quantitative estimate of drug-likeness (QED) is 0.806. The number of nitrogens with one attached hydrogen (secondary N) is 1. The molecular formula is C12H17FN2O2. The molecule has 1 unspecified atom stereocenters. The second-order valence-electron chi connectivity index (χ2n) is 3.74. The minimum Gasteiger partial charge on any atom is -0.370 e. The summed E-state index contributed by atoms with van der Waals surface area (Å²) in [5.74, 6) is -0.573. The lowest BCUT2D eigenvalue weighted by Gasteiger charge is -2.18. The van der Waals surface area contributed by atoms with Crippen LogP contribution in [0, 0.1) is 5.82 Å². The van der Waals surface area contributed by atoms with Crippen LogP contribution in [0.4, 0.5) is 4.39 Å². The lowest BCUT2D eigenvalue weighted by Crippen LogP contribution is -2.41. The molecule has 94 valence electrons. The topological polar surface area (TPSA) is 64.3 Å². The molecule has 4 nitrogen and oxygen atoms in total. The van der Waals surface area contributed by atoms with Gasteiger partial charge in [-0.25, -0.2) is 4.39 Å². The van der Waals surface area contributed by atoms with Gasteiger partial charge in [0, 0.05) is 13.7 Å². The number of rotatable bonds is 5. The first-order chi connectivity index (χ1) is 8.08. The van der Waals surface area contributed by atoms with E-state index in [0.29, 0.717) is 0 Å². The highest BCUT2D eigenvalue weighted by molar-refractivity contribution is 5.81. The van der Waals surface area contributed by atoms with Gasteiger partial charge >= 0.3 is 0 Å². The number of methoxy groups -OCH3 is 1. The predicted octanol–water partition coefficient (Wildman–Crippen LogP) is 0.977. The van der Waals surface area contributed by atoms with Crippen molar-refractivity contribution < 1.29 is 13.9 Å². The van der Waals surface area contributed by atoms with Crippen molar-refractivity contribution in [3.05, 3.63) is 35.6 Å². The number of hydrogen-bond donors (Lipinski definition) is 2. The molecule has 3 N–H and O–H groups in total. The Morgan fingerprint density at radius 1 is 1.47 bits per heavy atom. The lowest BCUT2D eigenvalue weighted by atomic mass is 10.1. The third kappa shape index (κ3) is 3.80. The van der Waals surface area contributed by atoms with Crippen LogP contribution in [0.25, 0.3) is 0 Å². The Balaban J connectivity index is 2.62. The van der Waals surface area contributed by atoms with E-state index in [1.54, 1.807) is 12.1 Å². The highest BCUT2D eigenvalue weighted by Gasteiger charge is 2.18. The Morgan fingerprint density at radius 3 is 2.53 bits per heavy atom. The summed E-state index contributed by atoms with van der Waals surface area (Å²) in [4.78, 5) is 11.7. The van der Waals surface area contributed by atoms with Crippen LogP contribution in [-0.4, -0.2) is 25.7 Å². The van der Waals surface area contributed by atoms with Crippen LogP contribution in [-0.2, 0) is 9.53 Å². The molecule has 0 aromatic heterocycles. The largest absolute Gasteiger partial charge is 0.370 e. The van der Waals surface area contributed by atoms with Crippen molar-refractivity contribution in [3.8, 4) is 0 Å². The van der Waals surface area contributed by atoms with Crippen molar-refractivity contribution in [1.29, 1.82) is 0 Å². The zero-order valence-corrected chi connectivity index (χ0v) is 9.94. The van der Waals surface area contributed by atoms with Gasteiger partial charge in [0.1, 0.15) is 11.9 Å². The first-order valence-electron chi connectivity index (χ1n) is 5.37. The van der Waals surface area contributed by atoms with Crippen molar-refractivity contribution in [2.45, 2.75) is 19.1 Å². The average molecular weight is 240 g/mol. The van der Waals surface area contributed by atoms with E-state index < -0.39 is 6.10 Å². The molecule has 0 heterocycles. The summed E-state index contributed by atoms with van der Waals surface area (Å²) >= 11 is 0. The molecule has 0 fully saturated rings. The first kappa shape index (κ1) is 13.6. The van der Waals surface area contributed by atoms with Crippen molar-refractivity contribution in [2.75, 3.05) is 13.7 Å². The van der Waals surface area contributed by atoms with Crippen molar-refractivity contribution in [3.63, 3.8) is 0 Å². The Kier molecular flexibility index (Phi) is 5.06. The maximum atomic E-state index is 12.7. The van der Waals surface area contributed by atoms with Gasteiger partial charge in [0.15, 0.2) is 0 Å². The molecule has 0 aliphatic rings. The van der Waals surface area contributed by atoms with Crippen LogP contribution in [0.2, 0.25) is 0 Å². The van der Waals surface area contributed by atoms with Crippen LogP contribution in [0.15, 0.2) is 24.3 Å². The lowest BCUT2D eigenvalue weighted by molar-refractivity contribution is -0.131. The monoisotopic (exact) mass is 240 g/mol. The highest BCUT2D eigenvalue weighted by atomic mass is 19.1. The van der Waals surface area contributed by atoms with E-state index in [1.807, 2.05) is 6.92 Å². The Bertz CT molecular complexity index is 363.